The Morgan fingerprint density at radius 3 is 3.06 bits per heavy atom. The number of hydrogen-bond acceptors (Lipinski definition) is 3. The van der Waals surface area contributed by atoms with Gasteiger partial charge in [0, 0.05) is 13.0 Å². The van der Waals surface area contributed by atoms with E-state index in [-0.39, 0.29) is 5.41 Å². The summed E-state index contributed by atoms with van der Waals surface area (Å²) in [4.78, 5) is 4.40. The first kappa shape index (κ1) is 12.6. The van der Waals surface area contributed by atoms with Crippen molar-refractivity contribution in [2.75, 3.05) is 6.54 Å². The first-order valence-electron chi connectivity index (χ1n) is 6.76. The zero-order valence-electron chi connectivity index (χ0n) is 11.0. The maximum Gasteiger partial charge on any atom is 0.138 e. The summed E-state index contributed by atoms with van der Waals surface area (Å²) in [5, 5.41) is 4.25. The fourth-order valence-corrected chi connectivity index (χ4v) is 3.21. The fourth-order valence-electron chi connectivity index (χ4n) is 3.21. The van der Waals surface area contributed by atoms with Gasteiger partial charge in [-0.3, -0.25) is 4.68 Å². The third kappa shape index (κ3) is 2.68. The van der Waals surface area contributed by atoms with Gasteiger partial charge in [0.1, 0.15) is 12.2 Å². The standard InChI is InChI=1S/C13H24N4/c1-3-17-12(15-10-16-17)8-13(9-14)6-4-5-11(2)7-13/h10-11H,3-9,14H2,1-2H3. The zero-order valence-corrected chi connectivity index (χ0v) is 11.0. The minimum absolute atomic E-state index is 0.262. The highest BCUT2D eigenvalue weighted by atomic mass is 15.3. The molecule has 1 aliphatic carbocycles. The smallest absolute Gasteiger partial charge is 0.138 e. The van der Waals surface area contributed by atoms with Crippen LogP contribution < -0.4 is 5.73 Å². The molecule has 0 spiro atoms. The molecule has 1 heterocycles. The molecule has 1 aromatic rings. The van der Waals surface area contributed by atoms with Gasteiger partial charge in [-0.05, 0) is 37.6 Å². The van der Waals surface area contributed by atoms with Crippen LogP contribution in [0.5, 0.6) is 0 Å². The average Bonchev–Trinajstić information content (AvgIpc) is 2.76. The number of rotatable bonds is 4. The Kier molecular flexibility index (Phi) is 3.82. The molecule has 0 aliphatic heterocycles. The summed E-state index contributed by atoms with van der Waals surface area (Å²) in [6.45, 7) is 6.12. The van der Waals surface area contributed by atoms with Gasteiger partial charge in [-0.1, -0.05) is 19.8 Å². The van der Waals surface area contributed by atoms with E-state index in [0.717, 1.165) is 31.3 Å². The van der Waals surface area contributed by atoms with Crippen LogP contribution in [0.25, 0.3) is 0 Å². The molecule has 2 N–H and O–H groups in total. The van der Waals surface area contributed by atoms with Crippen LogP contribution in [0.1, 0.15) is 45.4 Å². The highest BCUT2D eigenvalue weighted by Gasteiger charge is 2.35. The lowest BCUT2D eigenvalue weighted by atomic mass is 9.68. The molecule has 0 radical (unpaired) electrons. The largest absolute Gasteiger partial charge is 0.330 e. The molecule has 2 unspecified atom stereocenters. The lowest BCUT2D eigenvalue weighted by molar-refractivity contribution is 0.149. The molecule has 1 aliphatic rings. The predicted octanol–water partition coefficient (Wildman–Crippen LogP) is 2.00. The molecule has 17 heavy (non-hydrogen) atoms. The molecule has 2 atom stereocenters. The van der Waals surface area contributed by atoms with Gasteiger partial charge in [0.15, 0.2) is 0 Å². The van der Waals surface area contributed by atoms with E-state index in [1.807, 2.05) is 4.68 Å². The Hall–Kier alpha value is -0.900. The van der Waals surface area contributed by atoms with Crippen LogP contribution in [-0.4, -0.2) is 21.3 Å². The second kappa shape index (κ2) is 5.17. The van der Waals surface area contributed by atoms with Crippen molar-refractivity contribution >= 4 is 0 Å². The van der Waals surface area contributed by atoms with Gasteiger partial charge >= 0.3 is 0 Å². The lowest BCUT2D eigenvalue weighted by Crippen LogP contribution is -2.38. The summed E-state index contributed by atoms with van der Waals surface area (Å²) in [6.07, 6.45) is 7.78. The van der Waals surface area contributed by atoms with Crippen LogP contribution in [0.4, 0.5) is 0 Å². The van der Waals surface area contributed by atoms with Crippen LogP contribution in [0.3, 0.4) is 0 Å². The zero-order chi connectivity index (χ0) is 12.3. The van der Waals surface area contributed by atoms with Gasteiger partial charge in [-0.15, -0.1) is 0 Å². The summed E-state index contributed by atoms with van der Waals surface area (Å²) in [6, 6.07) is 0. The minimum atomic E-state index is 0.262. The SMILES string of the molecule is CCn1ncnc1CC1(CN)CCCC(C)C1. The highest BCUT2D eigenvalue weighted by Crippen LogP contribution is 2.40. The summed E-state index contributed by atoms with van der Waals surface area (Å²) in [7, 11) is 0. The van der Waals surface area contributed by atoms with Crippen molar-refractivity contribution < 1.29 is 0 Å². The van der Waals surface area contributed by atoms with Crippen LogP contribution in [0, 0.1) is 11.3 Å². The van der Waals surface area contributed by atoms with E-state index in [1.165, 1.54) is 25.7 Å². The molecule has 1 saturated carbocycles. The number of aromatic nitrogens is 3. The molecule has 0 aromatic carbocycles. The predicted molar refractivity (Wildman–Crippen MR) is 68.5 cm³/mol. The molecule has 4 nitrogen and oxygen atoms in total. The van der Waals surface area contributed by atoms with Gasteiger partial charge in [-0.25, -0.2) is 4.98 Å². The van der Waals surface area contributed by atoms with Crippen molar-refractivity contribution in [1.82, 2.24) is 14.8 Å². The number of nitrogens with zero attached hydrogens (tertiary/aromatic N) is 3. The minimum Gasteiger partial charge on any atom is -0.330 e. The number of hydrogen-bond donors (Lipinski definition) is 1. The second-order valence-electron chi connectivity index (χ2n) is 5.57. The highest BCUT2D eigenvalue weighted by molar-refractivity contribution is 4.97. The Bertz CT molecular complexity index is 360. The lowest BCUT2D eigenvalue weighted by Gasteiger charge is -2.39. The topological polar surface area (TPSA) is 56.7 Å². The quantitative estimate of drug-likeness (QED) is 0.870. The third-order valence-electron chi connectivity index (χ3n) is 4.15. The van der Waals surface area contributed by atoms with Crippen molar-refractivity contribution in [2.45, 2.75) is 52.5 Å². The van der Waals surface area contributed by atoms with Crippen molar-refractivity contribution in [2.24, 2.45) is 17.1 Å². The summed E-state index contributed by atoms with van der Waals surface area (Å²) < 4.78 is 2.00. The van der Waals surface area contributed by atoms with Crippen LogP contribution in [0.15, 0.2) is 6.33 Å². The first-order valence-corrected chi connectivity index (χ1v) is 6.76. The molecular formula is C13H24N4. The molecule has 0 saturated heterocycles. The summed E-state index contributed by atoms with van der Waals surface area (Å²) in [5.41, 5.74) is 6.31. The molecule has 0 amide bonds. The van der Waals surface area contributed by atoms with Crippen molar-refractivity contribution in [3.63, 3.8) is 0 Å². The Balaban J connectivity index is 2.13. The Morgan fingerprint density at radius 1 is 1.59 bits per heavy atom. The van der Waals surface area contributed by atoms with Crippen LogP contribution >= 0.6 is 0 Å². The number of nitrogens with two attached hydrogens (primary N) is 1. The second-order valence-corrected chi connectivity index (χ2v) is 5.57. The third-order valence-corrected chi connectivity index (χ3v) is 4.15. The van der Waals surface area contributed by atoms with E-state index >= 15 is 0 Å². The van der Waals surface area contributed by atoms with Gasteiger partial charge in [-0.2, -0.15) is 5.10 Å². The number of aryl methyl sites for hydroxylation is 1. The van der Waals surface area contributed by atoms with Crippen LogP contribution in [0.2, 0.25) is 0 Å². The monoisotopic (exact) mass is 236 g/mol. The normalized spacial score (nSPS) is 29.5. The molecule has 96 valence electrons. The maximum atomic E-state index is 6.05. The van der Waals surface area contributed by atoms with Crippen LogP contribution in [-0.2, 0) is 13.0 Å². The van der Waals surface area contributed by atoms with E-state index in [2.05, 4.69) is 23.9 Å². The van der Waals surface area contributed by atoms with Gasteiger partial charge < -0.3 is 5.73 Å². The van der Waals surface area contributed by atoms with E-state index < -0.39 is 0 Å². The molecule has 1 fully saturated rings. The van der Waals surface area contributed by atoms with Crippen molar-refractivity contribution in [1.29, 1.82) is 0 Å². The first-order chi connectivity index (χ1) is 8.19. The van der Waals surface area contributed by atoms with E-state index in [1.54, 1.807) is 6.33 Å². The fraction of sp³-hybridized carbons (Fsp3) is 0.846. The molecule has 1 aromatic heterocycles. The maximum absolute atomic E-state index is 6.05. The van der Waals surface area contributed by atoms with Gasteiger partial charge in [0.2, 0.25) is 0 Å². The van der Waals surface area contributed by atoms with E-state index in [9.17, 15) is 0 Å². The van der Waals surface area contributed by atoms with Gasteiger partial charge in [0.25, 0.3) is 0 Å². The summed E-state index contributed by atoms with van der Waals surface area (Å²) >= 11 is 0. The molecular weight excluding hydrogens is 212 g/mol. The van der Waals surface area contributed by atoms with E-state index in [4.69, 9.17) is 5.73 Å². The Morgan fingerprint density at radius 2 is 2.41 bits per heavy atom. The van der Waals surface area contributed by atoms with Crippen molar-refractivity contribution in [3.05, 3.63) is 12.2 Å². The summed E-state index contributed by atoms with van der Waals surface area (Å²) in [5.74, 6) is 1.90. The van der Waals surface area contributed by atoms with Crippen molar-refractivity contribution in [3.8, 4) is 0 Å². The molecule has 4 heteroatoms. The average molecular weight is 236 g/mol. The molecule has 2 rings (SSSR count). The molecule has 0 bridgehead atoms. The van der Waals surface area contributed by atoms with Gasteiger partial charge in [0.05, 0.1) is 0 Å². The van der Waals surface area contributed by atoms with E-state index in [0.29, 0.717) is 0 Å². The Labute approximate surface area is 104 Å².